The summed E-state index contributed by atoms with van der Waals surface area (Å²) in [7, 11) is 1.62. The van der Waals surface area contributed by atoms with E-state index in [0.717, 1.165) is 39.2 Å². The van der Waals surface area contributed by atoms with Gasteiger partial charge < -0.3 is 20.7 Å². The fraction of sp³-hybridized carbons (Fsp3) is 0.333. The van der Waals surface area contributed by atoms with Gasteiger partial charge >= 0.3 is 0 Å². The number of carbonyl (C=O) groups is 1. The molecule has 1 amide bonds. The number of rotatable bonds is 6. The topological polar surface area (TPSA) is 75.3 Å². The Bertz CT molecular complexity index is 866. The van der Waals surface area contributed by atoms with Crippen molar-refractivity contribution in [3.8, 4) is 5.75 Å². The van der Waals surface area contributed by atoms with Crippen LogP contribution in [0.1, 0.15) is 22.5 Å². The second-order valence-electron chi connectivity index (χ2n) is 6.16. The molecule has 0 aliphatic carbocycles. The van der Waals surface area contributed by atoms with E-state index in [4.69, 9.17) is 4.74 Å². The van der Waals surface area contributed by atoms with Gasteiger partial charge in [-0.25, -0.2) is 4.98 Å². The summed E-state index contributed by atoms with van der Waals surface area (Å²) in [5.41, 5.74) is 0.743. The number of carbonyl (C=O) groups excluding carboxylic acids is 1. The van der Waals surface area contributed by atoms with E-state index in [1.165, 1.54) is 24.2 Å². The van der Waals surface area contributed by atoms with Crippen molar-refractivity contribution in [3.05, 3.63) is 35.2 Å². The van der Waals surface area contributed by atoms with E-state index in [2.05, 4.69) is 20.9 Å². The van der Waals surface area contributed by atoms with Crippen molar-refractivity contribution in [2.45, 2.75) is 18.9 Å². The highest BCUT2D eigenvalue weighted by Gasteiger charge is 2.16. The molecule has 1 atom stereocenters. The van der Waals surface area contributed by atoms with Crippen molar-refractivity contribution >= 4 is 48.9 Å². The third-order valence-corrected chi connectivity index (χ3v) is 6.44. The molecule has 1 aromatic carbocycles. The van der Waals surface area contributed by atoms with E-state index in [-0.39, 0.29) is 5.91 Å². The van der Waals surface area contributed by atoms with Gasteiger partial charge in [0.25, 0.3) is 5.91 Å². The predicted molar refractivity (Wildman–Crippen MR) is 108 cm³/mol. The second kappa shape index (κ2) is 7.61. The van der Waals surface area contributed by atoms with Crippen molar-refractivity contribution in [2.24, 2.45) is 0 Å². The summed E-state index contributed by atoms with van der Waals surface area (Å²) in [5.74, 6) is 0.645. The number of thiophene rings is 1. The summed E-state index contributed by atoms with van der Waals surface area (Å²) in [5, 5.41) is 10.7. The number of anilines is 2. The maximum Gasteiger partial charge on any atom is 0.265 e. The van der Waals surface area contributed by atoms with Gasteiger partial charge in [0.05, 0.1) is 16.7 Å². The Morgan fingerprint density at radius 2 is 2.19 bits per heavy atom. The van der Waals surface area contributed by atoms with Gasteiger partial charge in [-0.15, -0.1) is 11.3 Å². The van der Waals surface area contributed by atoms with E-state index >= 15 is 0 Å². The molecule has 0 bridgehead atoms. The fourth-order valence-electron chi connectivity index (χ4n) is 2.93. The molecule has 2 aromatic heterocycles. The Morgan fingerprint density at radius 3 is 2.88 bits per heavy atom. The Hall–Kier alpha value is -2.16. The highest BCUT2D eigenvalue weighted by molar-refractivity contribution is 7.29. The van der Waals surface area contributed by atoms with Crippen molar-refractivity contribution in [3.63, 3.8) is 0 Å². The van der Waals surface area contributed by atoms with Crippen LogP contribution in [0, 0.1) is 0 Å². The van der Waals surface area contributed by atoms with E-state index in [0.29, 0.717) is 10.9 Å². The summed E-state index contributed by atoms with van der Waals surface area (Å²) in [6.45, 7) is 2.00. The van der Waals surface area contributed by atoms with Gasteiger partial charge in [-0.2, -0.15) is 0 Å². The molecule has 26 heavy (non-hydrogen) atoms. The maximum atomic E-state index is 12.4. The molecule has 1 unspecified atom stereocenters. The summed E-state index contributed by atoms with van der Waals surface area (Å²) in [4.78, 5) is 18.6. The lowest BCUT2D eigenvalue weighted by Gasteiger charge is -2.09. The van der Waals surface area contributed by atoms with Crippen LogP contribution >= 0.6 is 22.7 Å². The van der Waals surface area contributed by atoms with Crippen LogP contribution in [0.15, 0.2) is 30.3 Å². The zero-order chi connectivity index (χ0) is 17.9. The Morgan fingerprint density at radius 1 is 1.35 bits per heavy atom. The number of hydrogen-bond acceptors (Lipinski definition) is 7. The van der Waals surface area contributed by atoms with Crippen LogP contribution in [0.5, 0.6) is 5.75 Å². The number of nitrogens with one attached hydrogen (secondary N) is 3. The normalized spacial score (nSPS) is 16.7. The number of fused-ring (bicyclic) bond motifs is 1. The van der Waals surface area contributed by atoms with Crippen molar-refractivity contribution in [1.82, 2.24) is 10.3 Å². The lowest BCUT2D eigenvalue weighted by atomic mass is 10.2. The molecule has 3 N–H and O–H groups in total. The number of benzene rings is 1. The first-order chi connectivity index (χ1) is 12.7. The van der Waals surface area contributed by atoms with Crippen LogP contribution in [-0.4, -0.2) is 37.1 Å². The van der Waals surface area contributed by atoms with Gasteiger partial charge in [0.1, 0.15) is 10.6 Å². The number of ether oxygens (including phenoxy) is 1. The zero-order valence-electron chi connectivity index (χ0n) is 14.4. The van der Waals surface area contributed by atoms with Crippen LogP contribution < -0.4 is 20.7 Å². The van der Waals surface area contributed by atoms with Gasteiger partial charge in [-0.3, -0.25) is 4.79 Å². The zero-order valence-corrected chi connectivity index (χ0v) is 16.0. The minimum absolute atomic E-state index is 0.116. The number of thiazole rings is 1. The van der Waals surface area contributed by atoms with Crippen LogP contribution in [0.3, 0.4) is 0 Å². The van der Waals surface area contributed by atoms with Gasteiger partial charge in [-0.1, -0.05) is 11.3 Å². The third kappa shape index (κ3) is 3.82. The molecule has 1 fully saturated rings. The van der Waals surface area contributed by atoms with E-state index in [1.54, 1.807) is 18.4 Å². The summed E-state index contributed by atoms with van der Waals surface area (Å²) in [6.07, 6.45) is 2.45. The largest absolute Gasteiger partial charge is 0.497 e. The number of aromatic nitrogens is 1. The van der Waals surface area contributed by atoms with E-state index in [1.807, 2.05) is 30.3 Å². The van der Waals surface area contributed by atoms with Crippen LogP contribution in [0.2, 0.25) is 0 Å². The van der Waals surface area contributed by atoms with E-state index < -0.39 is 0 Å². The first-order valence-electron chi connectivity index (χ1n) is 8.54. The SMILES string of the molecule is COc1ccc(NC(=O)c2cc3sc(NCC4CCCN4)nc3s2)cc1. The summed E-state index contributed by atoms with van der Waals surface area (Å²) >= 11 is 3.01. The van der Waals surface area contributed by atoms with Crippen molar-refractivity contribution in [1.29, 1.82) is 0 Å². The standard InChI is InChI=1S/C18H20N4O2S2/c1-24-13-6-4-11(5-7-13)21-16(23)14-9-15-17(25-14)22-18(26-15)20-10-12-3-2-8-19-12/h4-7,9,12,19H,2-3,8,10H2,1H3,(H,20,22)(H,21,23). The van der Waals surface area contributed by atoms with Crippen LogP contribution in [0.25, 0.3) is 9.53 Å². The molecule has 1 aliphatic heterocycles. The Kier molecular flexibility index (Phi) is 5.05. The van der Waals surface area contributed by atoms with Crippen LogP contribution in [0.4, 0.5) is 10.8 Å². The Labute approximate surface area is 159 Å². The number of hydrogen-bond donors (Lipinski definition) is 3. The van der Waals surface area contributed by atoms with Crippen LogP contribution in [-0.2, 0) is 0 Å². The number of amides is 1. The average Bonchev–Trinajstić information content (AvgIpc) is 3.36. The molecule has 136 valence electrons. The third-order valence-electron chi connectivity index (χ3n) is 4.32. The molecule has 4 rings (SSSR count). The van der Waals surface area contributed by atoms with E-state index in [9.17, 15) is 4.79 Å². The predicted octanol–water partition coefficient (Wildman–Crippen LogP) is 3.78. The highest BCUT2D eigenvalue weighted by Crippen LogP contribution is 2.33. The monoisotopic (exact) mass is 388 g/mol. The highest BCUT2D eigenvalue weighted by atomic mass is 32.1. The smallest absolute Gasteiger partial charge is 0.265 e. The molecule has 8 heteroatoms. The minimum Gasteiger partial charge on any atom is -0.497 e. The fourth-order valence-corrected chi connectivity index (χ4v) is 4.95. The first-order valence-corrected chi connectivity index (χ1v) is 10.2. The molecule has 0 radical (unpaired) electrons. The van der Waals surface area contributed by atoms with Crippen molar-refractivity contribution < 1.29 is 9.53 Å². The van der Waals surface area contributed by atoms with Gasteiger partial charge in [0.2, 0.25) is 0 Å². The molecule has 1 saturated heterocycles. The average molecular weight is 389 g/mol. The summed E-state index contributed by atoms with van der Waals surface area (Å²) in [6, 6.07) is 9.73. The molecule has 0 saturated carbocycles. The molecule has 6 nitrogen and oxygen atoms in total. The molecular formula is C18H20N4O2S2. The van der Waals surface area contributed by atoms with Gasteiger partial charge in [-0.05, 0) is 49.7 Å². The van der Waals surface area contributed by atoms with Crippen molar-refractivity contribution in [2.75, 3.05) is 30.8 Å². The minimum atomic E-state index is -0.116. The molecule has 1 aliphatic rings. The van der Waals surface area contributed by atoms with Gasteiger partial charge in [0.15, 0.2) is 5.13 Å². The Balaban J connectivity index is 1.40. The quantitative estimate of drug-likeness (QED) is 0.599. The lowest BCUT2D eigenvalue weighted by molar-refractivity contribution is 0.103. The number of nitrogens with zero attached hydrogens (tertiary/aromatic N) is 1. The molecule has 3 heterocycles. The summed E-state index contributed by atoms with van der Waals surface area (Å²) < 4.78 is 6.16. The molecule has 0 spiro atoms. The first kappa shape index (κ1) is 17.3. The lowest BCUT2D eigenvalue weighted by Crippen LogP contribution is -2.29. The number of methoxy groups -OCH3 is 1. The molecular weight excluding hydrogens is 368 g/mol. The van der Waals surface area contributed by atoms with Gasteiger partial charge in [0, 0.05) is 18.3 Å². The second-order valence-corrected chi connectivity index (χ2v) is 8.22. The maximum absolute atomic E-state index is 12.4. The molecule has 3 aromatic rings.